The Hall–Kier alpha value is -3.67. The lowest BCUT2D eigenvalue weighted by molar-refractivity contribution is 0.122. The molecule has 8 heteroatoms. The first-order chi connectivity index (χ1) is 16.7. The Morgan fingerprint density at radius 1 is 0.941 bits per heavy atom. The van der Waals surface area contributed by atoms with Crippen LogP contribution >= 0.6 is 11.8 Å². The summed E-state index contributed by atoms with van der Waals surface area (Å²) >= 11 is 1.62. The van der Waals surface area contributed by atoms with Gasteiger partial charge >= 0.3 is 0 Å². The molecule has 170 valence electrons. The van der Waals surface area contributed by atoms with Crippen molar-refractivity contribution in [2.45, 2.75) is 22.9 Å². The molecule has 0 N–H and O–H groups in total. The topological polar surface area (TPSA) is 79.9 Å². The van der Waals surface area contributed by atoms with Gasteiger partial charge in [-0.3, -0.25) is 0 Å². The molecule has 4 aromatic rings. The van der Waals surface area contributed by atoms with Gasteiger partial charge in [0.1, 0.15) is 16.9 Å². The van der Waals surface area contributed by atoms with E-state index in [0.717, 1.165) is 47.6 Å². The van der Waals surface area contributed by atoms with Crippen LogP contribution in [0, 0.1) is 11.3 Å². The third-order valence-corrected chi connectivity index (χ3v) is 6.56. The minimum absolute atomic E-state index is 0.430. The summed E-state index contributed by atoms with van der Waals surface area (Å²) in [6.45, 7) is 4.14. The summed E-state index contributed by atoms with van der Waals surface area (Å²) in [7, 11) is 0. The number of imidazole rings is 1. The third kappa shape index (κ3) is 5.63. The van der Waals surface area contributed by atoms with Crippen molar-refractivity contribution in [1.82, 2.24) is 19.5 Å². The lowest BCUT2D eigenvalue weighted by Crippen LogP contribution is -2.36. The molecule has 34 heavy (non-hydrogen) atoms. The predicted octanol–water partition coefficient (Wildman–Crippen LogP) is 4.17. The van der Waals surface area contributed by atoms with E-state index in [1.165, 1.54) is 11.3 Å². The van der Waals surface area contributed by atoms with E-state index in [-0.39, 0.29) is 0 Å². The smallest absolute Gasteiger partial charge is 0.158 e. The minimum atomic E-state index is 0.430. The Bertz CT molecular complexity index is 1270. The number of hydrogen-bond acceptors (Lipinski definition) is 7. The van der Waals surface area contributed by atoms with Gasteiger partial charge in [-0.2, -0.15) is 5.26 Å². The van der Waals surface area contributed by atoms with E-state index in [1.54, 1.807) is 24.3 Å². The van der Waals surface area contributed by atoms with E-state index < -0.39 is 0 Å². The van der Waals surface area contributed by atoms with Gasteiger partial charge in [-0.05, 0) is 41.5 Å². The fourth-order valence-corrected chi connectivity index (χ4v) is 4.64. The van der Waals surface area contributed by atoms with Gasteiger partial charge in [0.05, 0.1) is 19.5 Å². The van der Waals surface area contributed by atoms with E-state index in [0.29, 0.717) is 18.7 Å². The quantitative estimate of drug-likeness (QED) is 0.377. The average Bonchev–Trinajstić information content (AvgIpc) is 3.34. The zero-order valence-corrected chi connectivity index (χ0v) is 19.5. The van der Waals surface area contributed by atoms with Crippen molar-refractivity contribution in [3.63, 3.8) is 0 Å². The van der Waals surface area contributed by atoms with Gasteiger partial charge in [0.25, 0.3) is 0 Å². The van der Waals surface area contributed by atoms with Crippen LogP contribution in [0.15, 0.2) is 83.2 Å². The van der Waals surface area contributed by atoms with Gasteiger partial charge in [-0.1, -0.05) is 36.0 Å². The summed E-state index contributed by atoms with van der Waals surface area (Å²) < 4.78 is 7.35. The van der Waals surface area contributed by atoms with Crippen LogP contribution in [0.25, 0.3) is 0 Å². The van der Waals surface area contributed by atoms with Crippen molar-refractivity contribution in [3.8, 4) is 6.07 Å². The number of ether oxygens (including phenoxy) is 1. The summed E-state index contributed by atoms with van der Waals surface area (Å²) in [5.74, 6) is 0.814. The van der Waals surface area contributed by atoms with Crippen molar-refractivity contribution in [2.75, 3.05) is 31.2 Å². The molecular formula is C26H24N6OS. The molecular weight excluding hydrogens is 444 g/mol. The van der Waals surface area contributed by atoms with Crippen LogP contribution in [0.4, 0.5) is 5.69 Å². The van der Waals surface area contributed by atoms with E-state index in [9.17, 15) is 0 Å². The number of anilines is 1. The molecule has 0 saturated carbocycles. The maximum absolute atomic E-state index is 8.91. The molecule has 1 saturated heterocycles. The minimum Gasteiger partial charge on any atom is -0.378 e. The molecule has 1 fully saturated rings. The summed E-state index contributed by atoms with van der Waals surface area (Å²) in [5, 5.41) is 9.84. The molecule has 0 aliphatic carbocycles. The van der Waals surface area contributed by atoms with Crippen LogP contribution in [0.2, 0.25) is 0 Å². The normalized spacial score (nSPS) is 13.6. The Kier molecular flexibility index (Phi) is 6.84. The van der Waals surface area contributed by atoms with Gasteiger partial charge in [0.2, 0.25) is 0 Å². The maximum Gasteiger partial charge on any atom is 0.158 e. The number of hydrogen-bond donors (Lipinski definition) is 0. The monoisotopic (exact) mass is 468 g/mol. The molecule has 7 nitrogen and oxygen atoms in total. The fraction of sp³-hybridized carbons (Fsp3) is 0.231. The number of morpholine rings is 1. The Labute approximate surface area is 203 Å². The van der Waals surface area contributed by atoms with E-state index in [2.05, 4.69) is 69.5 Å². The van der Waals surface area contributed by atoms with Crippen LogP contribution in [0.3, 0.4) is 0 Å². The molecule has 1 aliphatic rings. The molecule has 2 aromatic carbocycles. The molecule has 2 aromatic heterocycles. The van der Waals surface area contributed by atoms with Gasteiger partial charge < -0.3 is 14.2 Å². The SMILES string of the molecule is N#Cc1cn(Cc2ccc(Sc3ccnc(Cc4ccc(N5CCOCC5)cc4)n3)cc2)cn1. The summed E-state index contributed by atoms with van der Waals surface area (Å²) in [4.78, 5) is 16.7. The number of rotatable bonds is 7. The summed E-state index contributed by atoms with van der Waals surface area (Å²) in [5.41, 5.74) is 4.01. The van der Waals surface area contributed by atoms with Crippen LogP contribution in [-0.4, -0.2) is 45.8 Å². The van der Waals surface area contributed by atoms with Gasteiger partial charge in [0, 0.05) is 49.0 Å². The summed E-state index contributed by atoms with van der Waals surface area (Å²) in [6, 6.07) is 21.0. The van der Waals surface area contributed by atoms with Crippen molar-refractivity contribution < 1.29 is 4.74 Å². The van der Waals surface area contributed by atoms with Crippen LogP contribution in [0.5, 0.6) is 0 Å². The third-order valence-electron chi connectivity index (χ3n) is 5.61. The Balaban J connectivity index is 1.20. The molecule has 0 radical (unpaired) electrons. The highest BCUT2D eigenvalue weighted by Crippen LogP contribution is 2.26. The fourth-order valence-electron chi connectivity index (χ4n) is 3.85. The van der Waals surface area contributed by atoms with Crippen molar-refractivity contribution in [3.05, 3.63) is 96.0 Å². The lowest BCUT2D eigenvalue weighted by Gasteiger charge is -2.28. The standard InChI is InChI=1S/C26H24N6OS/c27-16-22-18-31(19-29-22)17-21-3-7-24(8-4-21)34-26-9-10-28-25(30-26)15-20-1-5-23(6-2-20)32-11-13-33-14-12-32/h1-10,18-19H,11-15,17H2. The van der Waals surface area contributed by atoms with Crippen molar-refractivity contribution in [1.29, 1.82) is 5.26 Å². The molecule has 0 amide bonds. The Morgan fingerprint density at radius 2 is 1.71 bits per heavy atom. The highest BCUT2D eigenvalue weighted by molar-refractivity contribution is 7.99. The van der Waals surface area contributed by atoms with Crippen LogP contribution in [0.1, 0.15) is 22.6 Å². The Morgan fingerprint density at radius 3 is 2.44 bits per heavy atom. The number of nitriles is 1. The highest BCUT2D eigenvalue weighted by atomic mass is 32.2. The first kappa shape index (κ1) is 22.1. The highest BCUT2D eigenvalue weighted by Gasteiger charge is 2.11. The second-order valence-electron chi connectivity index (χ2n) is 8.04. The summed E-state index contributed by atoms with van der Waals surface area (Å²) in [6.07, 6.45) is 5.96. The zero-order valence-electron chi connectivity index (χ0n) is 18.7. The van der Waals surface area contributed by atoms with Crippen molar-refractivity contribution in [2.24, 2.45) is 0 Å². The largest absolute Gasteiger partial charge is 0.378 e. The van der Waals surface area contributed by atoms with Gasteiger partial charge in [-0.15, -0.1) is 0 Å². The molecule has 0 atom stereocenters. The van der Waals surface area contributed by atoms with Crippen molar-refractivity contribution >= 4 is 17.4 Å². The molecule has 5 rings (SSSR count). The number of nitrogens with zero attached hydrogens (tertiary/aromatic N) is 6. The zero-order chi connectivity index (χ0) is 23.2. The van der Waals surface area contributed by atoms with E-state index in [4.69, 9.17) is 15.0 Å². The number of benzene rings is 2. The van der Waals surface area contributed by atoms with E-state index >= 15 is 0 Å². The molecule has 0 spiro atoms. The second-order valence-corrected chi connectivity index (χ2v) is 9.14. The maximum atomic E-state index is 8.91. The molecule has 0 unspecified atom stereocenters. The molecule has 1 aliphatic heterocycles. The first-order valence-corrected chi connectivity index (χ1v) is 12.0. The predicted molar refractivity (Wildman–Crippen MR) is 131 cm³/mol. The second kappa shape index (κ2) is 10.5. The van der Waals surface area contributed by atoms with Crippen LogP contribution < -0.4 is 4.90 Å². The molecule has 0 bridgehead atoms. The molecule has 3 heterocycles. The average molecular weight is 469 g/mol. The van der Waals surface area contributed by atoms with Gasteiger partial charge in [-0.25, -0.2) is 15.0 Å². The number of aromatic nitrogens is 4. The van der Waals surface area contributed by atoms with E-state index in [1.807, 2.05) is 16.8 Å². The van der Waals surface area contributed by atoms with Crippen LogP contribution in [-0.2, 0) is 17.7 Å². The lowest BCUT2D eigenvalue weighted by atomic mass is 10.1. The van der Waals surface area contributed by atoms with Gasteiger partial charge in [0.15, 0.2) is 5.69 Å². The first-order valence-electron chi connectivity index (χ1n) is 11.2.